The van der Waals surface area contributed by atoms with Crippen LogP contribution >= 0.6 is 0 Å². The molecule has 0 aliphatic carbocycles. The molecule has 1 rings (SSSR count). The van der Waals surface area contributed by atoms with Gasteiger partial charge >= 0.3 is 0 Å². The van der Waals surface area contributed by atoms with E-state index < -0.39 is 11.5 Å². The highest BCUT2D eigenvalue weighted by Crippen LogP contribution is 2.34. The van der Waals surface area contributed by atoms with Crippen LogP contribution in [0.5, 0.6) is 5.75 Å². The highest BCUT2D eigenvalue weighted by molar-refractivity contribution is 5.89. The quantitative estimate of drug-likeness (QED) is 0.911. The smallest absolute Gasteiger partial charge is 0.171 e. The van der Waals surface area contributed by atoms with Crippen LogP contribution in [-0.4, -0.2) is 18.0 Å². The zero-order valence-electron chi connectivity index (χ0n) is 12.9. The van der Waals surface area contributed by atoms with Crippen LogP contribution in [0.15, 0.2) is 6.07 Å². The molecule has 0 amide bonds. The molecule has 0 aliphatic rings. The first-order chi connectivity index (χ1) is 8.61. The molecular weight excluding hydrogens is 240 g/mol. The number of methoxy groups -OCH3 is 1. The van der Waals surface area contributed by atoms with E-state index in [0.29, 0.717) is 5.56 Å². The number of hydrogen-bond acceptors (Lipinski definition) is 3. The molecule has 1 N–H and O–H groups in total. The SMILES string of the molecule is COc1c(C)cc(C(O)C(=O)C(C)(C)C)c(C)c1C. The van der Waals surface area contributed by atoms with Gasteiger partial charge in [-0.05, 0) is 49.1 Å². The summed E-state index contributed by atoms with van der Waals surface area (Å²) >= 11 is 0. The fourth-order valence-electron chi connectivity index (χ4n) is 2.24. The minimum absolute atomic E-state index is 0.167. The molecule has 0 saturated heterocycles. The van der Waals surface area contributed by atoms with Crippen molar-refractivity contribution in [2.75, 3.05) is 7.11 Å². The summed E-state index contributed by atoms with van der Waals surface area (Å²) in [6.45, 7) is 11.2. The average molecular weight is 264 g/mol. The third kappa shape index (κ3) is 2.98. The molecule has 0 aromatic heterocycles. The highest BCUT2D eigenvalue weighted by Gasteiger charge is 2.31. The largest absolute Gasteiger partial charge is 0.496 e. The van der Waals surface area contributed by atoms with E-state index in [1.165, 1.54) is 0 Å². The molecule has 0 bridgehead atoms. The van der Waals surface area contributed by atoms with Gasteiger partial charge in [0.15, 0.2) is 5.78 Å². The Labute approximate surface area is 115 Å². The molecule has 1 aromatic carbocycles. The van der Waals surface area contributed by atoms with Gasteiger partial charge in [0, 0.05) is 5.41 Å². The van der Waals surface area contributed by atoms with E-state index in [0.717, 1.165) is 22.4 Å². The molecule has 19 heavy (non-hydrogen) atoms. The number of ketones is 1. The fourth-order valence-corrected chi connectivity index (χ4v) is 2.24. The van der Waals surface area contributed by atoms with Gasteiger partial charge in [-0.15, -0.1) is 0 Å². The summed E-state index contributed by atoms with van der Waals surface area (Å²) in [5, 5.41) is 10.3. The Morgan fingerprint density at radius 3 is 2.16 bits per heavy atom. The van der Waals surface area contributed by atoms with Gasteiger partial charge in [0.1, 0.15) is 11.9 Å². The lowest BCUT2D eigenvalue weighted by Crippen LogP contribution is -2.27. The molecule has 0 aliphatic heterocycles. The molecule has 1 aromatic rings. The van der Waals surface area contributed by atoms with Crippen molar-refractivity contribution in [3.05, 3.63) is 28.3 Å². The third-order valence-electron chi connectivity index (χ3n) is 3.55. The third-order valence-corrected chi connectivity index (χ3v) is 3.55. The van der Waals surface area contributed by atoms with Crippen molar-refractivity contribution in [3.8, 4) is 5.75 Å². The summed E-state index contributed by atoms with van der Waals surface area (Å²) < 4.78 is 5.35. The number of ether oxygens (including phenoxy) is 1. The molecule has 0 fully saturated rings. The number of hydrogen-bond donors (Lipinski definition) is 1. The number of carbonyl (C=O) groups excluding carboxylic acids is 1. The minimum atomic E-state index is -1.08. The predicted octanol–water partition coefficient (Wildman–Crippen LogP) is 3.27. The second-order valence-corrected chi connectivity index (χ2v) is 6.08. The molecule has 0 heterocycles. The van der Waals surface area contributed by atoms with Crippen LogP contribution in [0.1, 0.15) is 49.1 Å². The molecule has 1 unspecified atom stereocenters. The van der Waals surface area contributed by atoms with E-state index >= 15 is 0 Å². The monoisotopic (exact) mass is 264 g/mol. The summed E-state index contributed by atoms with van der Waals surface area (Å²) in [6, 6.07) is 1.84. The Morgan fingerprint density at radius 2 is 1.74 bits per heavy atom. The second-order valence-electron chi connectivity index (χ2n) is 6.08. The maximum absolute atomic E-state index is 12.2. The van der Waals surface area contributed by atoms with Crippen LogP contribution in [0, 0.1) is 26.2 Å². The van der Waals surface area contributed by atoms with Crippen LogP contribution in [0.4, 0.5) is 0 Å². The predicted molar refractivity (Wildman–Crippen MR) is 76.6 cm³/mol. The Balaban J connectivity index is 3.34. The van der Waals surface area contributed by atoms with Crippen molar-refractivity contribution in [1.82, 2.24) is 0 Å². The maximum Gasteiger partial charge on any atom is 0.171 e. The molecule has 3 nitrogen and oxygen atoms in total. The molecule has 0 saturated carbocycles. The van der Waals surface area contributed by atoms with Gasteiger partial charge in [0.05, 0.1) is 7.11 Å². The molecule has 0 spiro atoms. The Hall–Kier alpha value is -1.35. The lowest BCUT2D eigenvalue weighted by molar-refractivity contribution is -0.135. The summed E-state index contributed by atoms with van der Waals surface area (Å²) in [5.41, 5.74) is 2.93. The van der Waals surface area contributed by atoms with Gasteiger partial charge < -0.3 is 9.84 Å². The number of aliphatic hydroxyl groups excluding tert-OH is 1. The summed E-state index contributed by atoms with van der Waals surface area (Å²) in [7, 11) is 1.63. The van der Waals surface area contributed by atoms with Crippen molar-refractivity contribution >= 4 is 5.78 Å². The average Bonchev–Trinajstić information content (AvgIpc) is 2.31. The van der Waals surface area contributed by atoms with Crippen molar-refractivity contribution < 1.29 is 14.6 Å². The number of benzene rings is 1. The standard InChI is InChI=1S/C16H24O3/c1-9-8-12(10(2)11(3)14(9)19-7)13(17)15(18)16(4,5)6/h8,13,17H,1-7H3. The number of aryl methyl sites for hydroxylation is 1. The number of carbonyl (C=O) groups is 1. The van der Waals surface area contributed by atoms with E-state index in [-0.39, 0.29) is 5.78 Å². The summed E-state index contributed by atoms with van der Waals surface area (Å²) in [6.07, 6.45) is -1.08. The van der Waals surface area contributed by atoms with E-state index in [9.17, 15) is 9.90 Å². The Bertz CT molecular complexity index is 496. The van der Waals surface area contributed by atoms with Crippen LogP contribution in [-0.2, 0) is 4.79 Å². The van der Waals surface area contributed by atoms with Crippen LogP contribution in [0.25, 0.3) is 0 Å². The summed E-state index contributed by atoms with van der Waals surface area (Å²) in [4.78, 5) is 12.2. The van der Waals surface area contributed by atoms with Crippen LogP contribution < -0.4 is 4.74 Å². The lowest BCUT2D eigenvalue weighted by Gasteiger charge is -2.24. The number of Topliss-reactive ketones (excluding diaryl/α,β-unsaturated/α-hetero) is 1. The first-order valence-corrected chi connectivity index (χ1v) is 6.48. The van der Waals surface area contributed by atoms with E-state index in [2.05, 4.69) is 0 Å². The van der Waals surface area contributed by atoms with Crippen LogP contribution in [0.2, 0.25) is 0 Å². The molecule has 106 valence electrons. The van der Waals surface area contributed by atoms with Crippen molar-refractivity contribution in [1.29, 1.82) is 0 Å². The van der Waals surface area contributed by atoms with Gasteiger partial charge in [-0.1, -0.05) is 20.8 Å². The Morgan fingerprint density at radius 1 is 1.21 bits per heavy atom. The van der Waals surface area contributed by atoms with E-state index in [1.807, 2.05) is 47.6 Å². The normalized spacial score (nSPS) is 13.3. The molecular formula is C16H24O3. The number of rotatable bonds is 3. The molecule has 0 radical (unpaired) electrons. The molecule has 1 atom stereocenters. The van der Waals surface area contributed by atoms with Crippen molar-refractivity contribution in [3.63, 3.8) is 0 Å². The van der Waals surface area contributed by atoms with Gasteiger partial charge in [-0.25, -0.2) is 0 Å². The van der Waals surface area contributed by atoms with Gasteiger partial charge in [-0.3, -0.25) is 4.79 Å². The van der Waals surface area contributed by atoms with Gasteiger partial charge in [0.2, 0.25) is 0 Å². The van der Waals surface area contributed by atoms with Gasteiger partial charge in [0.25, 0.3) is 0 Å². The van der Waals surface area contributed by atoms with E-state index in [4.69, 9.17) is 4.74 Å². The van der Waals surface area contributed by atoms with E-state index in [1.54, 1.807) is 7.11 Å². The Kier molecular flexibility index (Phi) is 4.41. The minimum Gasteiger partial charge on any atom is -0.496 e. The van der Waals surface area contributed by atoms with Crippen molar-refractivity contribution in [2.24, 2.45) is 5.41 Å². The second kappa shape index (κ2) is 5.33. The zero-order valence-corrected chi connectivity index (χ0v) is 12.9. The molecule has 3 heteroatoms. The highest BCUT2D eigenvalue weighted by atomic mass is 16.5. The zero-order chi connectivity index (χ0) is 15.0. The first kappa shape index (κ1) is 15.7. The topological polar surface area (TPSA) is 46.5 Å². The van der Waals surface area contributed by atoms with Crippen LogP contribution in [0.3, 0.4) is 0 Å². The van der Waals surface area contributed by atoms with Crippen molar-refractivity contribution in [2.45, 2.75) is 47.6 Å². The van der Waals surface area contributed by atoms with Gasteiger partial charge in [-0.2, -0.15) is 0 Å². The number of aliphatic hydroxyl groups is 1. The summed E-state index contributed by atoms with van der Waals surface area (Å²) in [5.74, 6) is 0.649. The first-order valence-electron chi connectivity index (χ1n) is 6.48. The fraction of sp³-hybridized carbons (Fsp3) is 0.562. The lowest BCUT2D eigenvalue weighted by atomic mass is 9.83. The maximum atomic E-state index is 12.2.